The second-order valence-corrected chi connectivity index (χ2v) is 9.97. The Hall–Kier alpha value is -2.30. The minimum atomic E-state index is -0.562. The van der Waals surface area contributed by atoms with Gasteiger partial charge in [0.2, 0.25) is 11.8 Å². The van der Waals surface area contributed by atoms with Gasteiger partial charge in [-0.3, -0.25) is 9.59 Å². The first-order chi connectivity index (χ1) is 17.0. The summed E-state index contributed by atoms with van der Waals surface area (Å²) in [7, 11) is 1.75. The van der Waals surface area contributed by atoms with E-state index in [2.05, 4.69) is 12.2 Å². The Morgan fingerprint density at radius 2 is 1.91 bits per heavy atom. The fourth-order valence-corrected chi connectivity index (χ4v) is 5.03. The third-order valence-corrected chi connectivity index (χ3v) is 7.03. The van der Waals surface area contributed by atoms with Gasteiger partial charge in [0.25, 0.3) is 0 Å². The van der Waals surface area contributed by atoms with Crippen LogP contribution < -0.4 is 5.32 Å². The van der Waals surface area contributed by atoms with E-state index in [1.54, 1.807) is 38.6 Å². The number of ether oxygens (including phenoxy) is 1. The zero-order valence-electron chi connectivity index (χ0n) is 21.1. The van der Waals surface area contributed by atoms with Crippen molar-refractivity contribution in [2.45, 2.75) is 51.4 Å². The minimum Gasteiger partial charge on any atom is -0.381 e. The quantitative estimate of drug-likeness (QED) is 0.439. The molecule has 0 radical (unpaired) electrons. The number of nitrogens with zero attached hydrogens (tertiary/aromatic N) is 4. The molecule has 0 unspecified atom stereocenters. The molecule has 0 bridgehead atoms. The molecule has 2 atom stereocenters. The second kappa shape index (κ2) is 13.7. The van der Waals surface area contributed by atoms with Crippen molar-refractivity contribution in [3.63, 3.8) is 0 Å². The van der Waals surface area contributed by atoms with Gasteiger partial charge in [-0.2, -0.15) is 11.8 Å². The van der Waals surface area contributed by atoms with E-state index in [9.17, 15) is 14.4 Å². The Morgan fingerprint density at radius 3 is 2.63 bits per heavy atom. The number of nitrogens with one attached hydrogen (secondary N) is 1. The summed E-state index contributed by atoms with van der Waals surface area (Å²) in [6.07, 6.45) is 4.85. The number of piperazine rings is 1. The van der Waals surface area contributed by atoms with Crippen LogP contribution in [0.15, 0.2) is 30.3 Å². The number of urea groups is 1. The van der Waals surface area contributed by atoms with Crippen molar-refractivity contribution in [3.8, 4) is 0 Å². The number of thioether (sulfide) groups is 1. The van der Waals surface area contributed by atoms with Crippen molar-refractivity contribution in [1.82, 2.24) is 25.1 Å². The molecule has 10 heteroatoms. The number of likely N-dealkylation sites (N-methyl/N-ethyl adjacent to an activating group) is 1. The molecule has 0 aromatic heterocycles. The Labute approximate surface area is 213 Å². The topological polar surface area (TPSA) is 85.4 Å². The van der Waals surface area contributed by atoms with Crippen molar-refractivity contribution >= 4 is 29.6 Å². The highest BCUT2D eigenvalue weighted by molar-refractivity contribution is 7.98. The SMILES string of the molecule is CCCCOCCCN1C[C@H]2N(C(=O)CN(C)N2C(=O)NCc2ccccc2)[C@@H](CCSC)C1=O. The number of rotatable bonds is 12. The van der Waals surface area contributed by atoms with Crippen molar-refractivity contribution in [1.29, 1.82) is 0 Å². The molecule has 2 fully saturated rings. The highest BCUT2D eigenvalue weighted by Gasteiger charge is 2.50. The van der Waals surface area contributed by atoms with Crippen LogP contribution in [-0.2, 0) is 20.9 Å². The van der Waals surface area contributed by atoms with Gasteiger partial charge >= 0.3 is 6.03 Å². The monoisotopic (exact) mass is 505 g/mol. The maximum Gasteiger partial charge on any atom is 0.334 e. The summed E-state index contributed by atoms with van der Waals surface area (Å²) >= 11 is 1.65. The predicted molar refractivity (Wildman–Crippen MR) is 137 cm³/mol. The predicted octanol–water partition coefficient (Wildman–Crippen LogP) is 2.38. The molecule has 3 rings (SSSR count). The normalized spacial score (nSPS) is 20.8. The first-order valence-corrected chi connectivity index (χ1v) is 13.9. The number of benzene rings is 1. The third kappa shape index (κ3) is 7.11. The molecule has 1 aromatic rings. The number of carbonyl (C=O) groups is 3. The summed E-state index contributed by atoms with van der Waals surface area (Å²) in [6, 6.07) is 8.87. The summed E-state index contributed by atoms with van der Waals surface area (Å²) in [6.45, 7) is 4.73. The van der Waals surface area contributed by atoms with Gasteiger partial charge in [-0.25, -0.2) is 14.8 Å². The number of hydrazine groups is 1. The lowest BCUT2D eigenvalue weighted by molar-refractivity contribution is -0.187. The molecule has 2 aliphatic heterocycles. The number of hydrogen-bond donors (Lipinski definition) is 1. The highest BCUT2D eigenvalue weighted by Crippen LogP contribution is 2.28. The van der Waals surface area contributed by atoms with E-state index < -0.39 is 12.2 Å². The number of carbonyl (C=O) groups excluding carboxylic acids is 3. The van der Waals surface area contributed by atoms with Crippen LogP contribution in [0.4, 0.5) is 4.79 Å². The summed E-state index contributed by atoms with van der Waals surface area (Å²) in [5, 5.41) is 6.25. The largest absolute Gasteiger partial charge is 0.381 e. The maximum absolute atomic E-state index is 13.4. The average molecular weight is 506 g/mol. The van der Waals surface area contributed by atoms with E-state index in [1.807, 2.05) is 36.6 Å². The van der Waals surface area contributed by atoms with Gasteiger partial charge in [0.05, 0.1) is 13.1 Å². The number of amides is 4. The number of hydrogen-bond acceptors (Lipinski definition) is 6. The number of unbranched alkanes of at least 4 members (excludes halogenated alkanes) is 1. The van der Waals surface area contributed by atoms with E-state index in [1.165, 1.54) is 0 Å². The zero-order valence-corrected chi connectivity index (χ0v) is 22.0. The fraction of sp³-hybridized carbons (Fsp3) is 0.640. The van der Waals surface area contributed by atoms with Crippen LogP contribution >= 0.6 is 11.8 Å². The molecule has 1 aromatic carbocycles. The Morgan fingerprint density at radius 1 is 1.17 bits per heavy atom. The summed E-state index contributed by atoms with van der Waals surface area (Å²) in [4.78, 5) is 43.3. The molecule has 0 saturated carbocycles. The zero-order chi connectivity index (χ0) is 25.2. The van der Waals surface area contributed by atoms with Crippen molar-refractivity contribution in [2.24, 2.45) is 0 Å². The third-order valence-electron chi connectivity index (χ3n) is 6.39. The van der Waals surface area contributed by atoms with E-state index in [4.69, 9.17) is 4.74 Å². The number of fused-ring (bicyclic) bond motifs is 1. The lowest BCUT2D eigenvalue weighted by atomic mass is 10.0. The van der Waals surface area contributed by atoms with Gasteiger partial charge < -0.3 is 19.9 Å². The van der Waals surface area contributed by atoms with Crippen LogP contribution in [0.5, 0.6) is 0 Å². The molecular weight excluding hydrogens is 466 g/mol. The molecule has 2 aliphatic rings. The molecule has 35 heavy (non-hydrogen) atoms. The summed E-state index contributed by atoms with van der Waals surface area (Å²) in [5.74, 6) is 0.606. The average Bonchev–Trinajstić information content (AvgIpc) is 2.85. The summed E-state index contributed by atoms with van der Waals surface area (Å²) < 4.78 is 5.68. The Kier molecular flexibility index (Phi) is 10.7. The molecule has 0 spiro atoms. The van der Waals surface area contributed by atoms with Crippen LogP contribution in [0, 0.1) is 0 Å². The van der Waals surface area contributed by atoms with Crippen molar-refractivity contribution in [3.05, 3.63) is 35.9 Å². The lowest BCUT2D eigenvalue weighted by Crippen LogP contribution is -2.76. The van der Waals surface area contributed by atoms with Crippen LogP contribution in [-0.4, -0.2) is 102 Å². The van der Waals surface area contributed by atoms with E-state index in [-0.39, 0.29) is 24.4 Å². The standard InChI is InChI=1S/C25H39N5O4S/c1-4-5-14-34-15-9-13-28-18-22-29(21(24(28)32)12-16-35-3)23(31)19-27(2)30(22)25(33)26-17-20-10-7-6-8-11-20/h6-8,10-11,21-22H,4-5,9,12-19H2,1-3H3,(H,26,33)/t21-,22-/m0/s1. The first kappa shape index (κ1) is 27.3. The van der Waals surface area contributed by atoms with Crippen LogP contribution in [0.25, 0.3) is 0 Å². The van der Waals surface area contributed by atoms with Crippen LogP contribution in [0.1, 0.15) is 38.2 Å². The van der Waals surface area contributed by atoms with Gasteiger partial charge in [-0.15, -0.1) is 0 Å². The van der Waals surface area contributed by atoms with Gasteiger partial charge in [0.1, 0.15) is 12.2 Å². The van der Waals surface area contributed by atoms with Gasteiger partial charge in [0, 0.05) is 33.4 Å². The molecule has 2 heterocycles. The molecular formula is C25H39N5O4S. The van der Waals surface area contributed by atoms with Gasteiger partial charge in [-0.05, 0) is 36.8 Å². The molecule has 1 N–H and O–H groups in total. The fourth-order valence-electron chi connectivity index (χ4n) is 4.57. The maximum atomic E-state index is 13.4. The smallest absolute Gasteiger partial charge is 0.334 e. The summed E-state index contributed by atoms with van der Waals surface area (Å²) in [5.41, 5.74) is 0.995. The van der Waals surface area contributed by atoms with Gasteiger partial charge in [-0.1, -0.05) is 43.7 Å². The molecule has 0 aliphatic carbocycles. The molecule has 194 valence electrons. The van der Waals surface area contributed by atoms with Crippen molar-refractivity contribution in [2.75, 3.05) is 51.9 Å². The molecule has 9 nitrogen and oxygen atoms in total. The minimum absolute atomic E-state index is 0.0357. The van der Waals surface area contributed by atoms with Gasteiger partial charge in [0.15, 0.2) is 0 Å². The first-order valence-electron chi connectivity index (χ1n) is 12.5. The second-order valence-electron chi connectivity index (χ2n) is 8.99. The van der Waals surface area contributed by atoms with Crippen molar-refractivity contribution < 1.29 is 19.1 Å². The highest BCUT2D eigenvalue weighted by atomic mass is 32.2. The van der Waals surface area contributed by atoms with Crippen LogP contribution in [0.3, 0.4) is 0 Å². The molecule has 2 saturated heterocycles. The lowest BCUT2D eigenvalue weighted by Gasteiger charge is -2.54. The van der Waals surface area contributed by atoms with Crippen LogP contribution in [0.2, 0.25) is 0 Å². The Balaban J connectivity index is 1.74. The molecule has 4 amide bonds. The Bertz CT molecular complexity index is 842. The van der Waals surface area contributed by atoms with E-state index in [0.29, 0.717) is 32.7 Å². The van der Waals surface area contributed by atoms with E-state index >= 15 is 0 Å². The van der Waals surface area contributed by atoms with E-state index in [0.717, 1.165) is 37.2 Å².